The zero-order valence-electron chi connectivity index (χ0n) is 32.4. The number of rotatable bonds is 10. The topological polar surface area (TPSA) is 248 Å². The van der Waals surface area contributed by atoms with Crippen molar-refractivity contribution in [1.29, 1.82) is 0 Å². The average molecular weight is 933 g/mol. The van der Waals surface area contributed by atoms with Crippen LogP contribution in [0.2, 0.25) is 0 Å². The highest BCUT2D eigenvalue weighted by atomic mass is 79.9. The molecule has 7 N–H and O–H groups in total. The number of primary sulfonamides is 1. The largest absolute Gasteiger partial charge is 0.472 e. The Bertz CT molecular complexity index is 2210. The smallest absolute Gasteiger partial charge is 0.270 e. The number of aliphatic hydroxyl groups excluding tert-OH is 1. The van der Waals surface area contributed by atoms with E-state index in [9.17, 15) is 21.9 Å². The number of thiophene rings is 1. The highest BCUT2D eigenvalue weighted by Crippen LogP contribution is 2.42. The van der Waals surface area contributed by atoms with Crippen molar-refractivity contribution in [3.05, 3.63) is 40.6 Å². The van der Waals surface area contributed by atoms with Crippen LogP contribution < -0.4 is 36.0 Å². The van der Waals surface area contributed by atoms with Crippen LogP contribution in [0.25, 0.3) is 11.0 Å². The number of hydrogen-bond acceptors (Lipinski definition) is 19. The van der Waals surface area contributed by atoms with E-state index in [-0.39, 0.29) is 26.6 Å². The van der Waals surface area contributed by atoms with Gasteiger partial charge in [-0.3, -0.25) is 15.0 Å². The predicted octanol–water partition coefficient (Wildman–Crippen LogP) is 2.88. The van der Waals surface area contributed by atoms with Crippen LogP contribution in [0, 0.1) is 0 Å². The van der Waals surface area contributed by atoms with Gasteiger partial charge in [-0.05, 0) is 74.8 Å². The number of nitrogens with two attached hydrogens (primary N) is 1. The number of aliphatic hydroxyl groups is 1. The number of hydrogen-bond donors (Lipinski definition) is 6. The van der Waals surface area contributed by atoms with Gasteiger partial charge in [0, 0.05) is 55.7 Å². The summed E-state index contributed by atoms with van der Waals surface area (Å²) >= 11 is 5.41. The second kappa shape index (κ2) is 19.7. The number of β-amino-alcohol motifs (C(OH)–C–C–N with tert-alkyl or cyclic N) is 1. The number of aromatic nitrogens is 4. The number of nitrogens with zero attached hydrogens (tertiary/aromatic N) is 6. The minimum Gasteiger partial charge on any atom is -0.472 e. The standard InChI is InChI=1S/C13H24N4O3S.C11H10BrN5.C10H16N2O4S3/c1-13(2,3)14-8-10(18)9-20-12-11(15-21-16-12)17-4-6-19-7-5-17;12-9-7(17-11-15-5-6-16-11)1-2-8-10(9)14-4-3-13-8;1-3-12-8-4-6(2)18(13,14)10-7(8)5-9(17-10)19(11,15)16/h10,14,18H,4-9H2,1-3H3;1-4H,5-6H2,(H2,15,16,17);5-6,8,12H,3-4H2,1-2H3,(H2,11,15,16)/t10-;;6-,8-/m0.0/s1. The molecule has 3 aliphatic heterocycles. The molecule has 0 saturated carbocycles. The molecule has 0 unspecified atom stereocenters. The fourth-order valence-electron chi connectivity index (χ4n) is 5.78. The Kier molecular flexibility index (Phi) is 15.6. The molecule has 4 aromatic rings. The zero-order chi connectivity index (χ0) is 41.4. The Morgan fingerprint density at radius 3 is 2.60 bits per heavy atom. The summed E-state index contributed by atoms with van der Waals surface area (Å²) < 4.78 is 67.6. The van der Waals surface area contributed by atoms with E-state index in [0.29, 0.717) is 44.2 Å². The van der Waals surface area contributed by atoms with Crippen LogP contribution in [0.5, 0.6) is 5.88 Å². The number of fused-ring (bicyclic) bond motifs is 2. The first kappa shape index (κ1) is 45.0. The highest BCUT2D eigenvalue weighted by Gasteiger charge is 2.39. The van der Waals surface area contributed by atoms with Gasteiger partial charge in [-0.25, -0.2) is 22.0 Å². The Morgan fingerprint density at radius 2 is 1.93 bits per heavy atom. The lowest BCUT2D eigenvalue weighted by Crippen LogP contribution is -2.42. The molecule has 1 aromatic carbocycles. The first-order chi connectivity index (χ1) is 27.0. The minimum atomic E-state index is -3.88. The van der Waals surface area contributed by atoms with Crippen molar-refractivity contribution in [2.24, 2.45) is 10.1 Å². The van der Waals surface area contributed by atoms with E-state index in [0.717, 1.165) is 82.2 Å². The number of sulfonamides is 1. The number of halogens is 1. The van der Waals surface area contributed by atoms with Crippen molar-refractivity contribution >= 4 is 87.4 Å². The number of sulfone groups is 1. The summed E-state index contributed by atoms with van der Waals surface area (Å²) in [4.78, 5) is 14.9. The number of morpholine rings is 1. The fraction of sp³-hybridized carbons (Fsp3) is 0.559. The normalized spacial score (nSPS) is 19.6. The Morgan fingerprint density at radius 1 is 1.19 bits per heavy atom. The lowest BCUT2D eigenvalue weighted by molar-refractivity contribution is 0.0975. The second-order valence-electron chi connectivity index (χ2n) is 14.3. The number of aliphatic imine (C=N–C) groups is 1. The van der Waals surface area contributed by atoms with Gasteiger partial charge in [0.05, 0.1) is 52.4 Å². The van der Waals surface area contributed by atoms with E-state index in [1.54, 1.807) is 19.3 Å². The SMILES string of the molecule is Brc1c(NC2=NCCN2)ccc2nccnc12.CC(C)(C)NC[C@H](O)COc1nsnc1N1CCOCC1.CCN[C@H]1C[C@H](C)S(=O)(=O)c2sc(S(N)(=O)=O)cc21. The van der Waals surface area contributed by atoms with Crippen LogP contribution in [0.15, 0.2) is 48.5 Å². The van der Waals surface area contributed by atoms with Gasteiger partial charge < -0.3 is 40.7 Å². The van der Waals surface area contributed by atoms with Crippen LogP contribution >= 0.6 is 39.0 Å². The van der Waals surface area contributed by atoms with Crippen LogP contribution in [0.1, 0.15) is 52.6 Å². The van der Waals surface area contributed by atoms with Crippen molar-refractivity contribution in [3.8, 4) is 5.88 Å². The molecular weight excluding hydrogens is 883 g/mol. The van der Waals surface area contributed by atoms with E-state index in [1.807, 2.05) is 19.1 Å². The molecule has 23 heteroatoms. The van der Waals surface area contributed by atoms with Crippen LogP contribution in [0.4, 0.5) is 11.5 Å². The quantitative estimate of drug-likeness (QED) is 0.134. The number of anilines is 2. The van der Waals surface area contributed by atoms with Gasteiger partial charge in [0.15, 0.2) is 15.8 Å². The lowest BCUT2D eigenvalue weighted by Gasteiger charge is -2.27. The second-order valence-corrected chi connectivity index (χ2v) is 21.0. The van der Waals surface area contributed by atoms with E-state index < -0.39 is 31.2 Å². The van der Waals surface area contributed by atoms with E-state index in [4.69, 9.17) is 14.6 Å². The minimum absolute atomic E-state index is 0.0257. The van der Waals surface area contributed by atoms with Gasteiger partial charge in [0.25, 0.3) is 5.88 Å². The van der Waals surface area contributed by atoms with E-state index in [1.165, 1.54) is 6.07 Å². The molecule has 0 radical (unpaired) electrons. The van der Waals surface area contributed by atoms with Gasteiger partial charge in [0.1, 0.15) is 26.6 Å². The lowest BCUT2D eigenvalue weighted by atomic mass is 10.1. The summed E-state index contributed by atoms with van der Waals surface area (Å²) in [5, 5.41) is 27.3. The first-order valence-electron chi connectivity index (χ1n) is 18.3. The molecule has 3 aromatic heterocycles. The Labute approximate surface area is 349 Å². The summed E-state index contributed by atoms with van der Waals surface area (Å²) in [6.07, 6.45) is 3.22. The maximum atomic E-state index is 12.2. The van der Waals surface area contributed by atoms with Gasteiger partial charge >= 0.3 is 0 Å². The molecule has 314 valence electrons. The van der Waals surface area contributed by atoms with Crippen molar-refractivity contribution in [2.75, 3.05) is 69.3 Å². The fourth-order valence-corrected chi connectivity index (χ4v) is 11.3. The first-order valence-corrected chi connectivity index (χ1v) is 23.7. The molecule has 18 nitrogen and oxygen atoms in total. The number of benzene rings is 1. The molecule has 0 spiro atoms. The highest BCUT2D eigenvalue weighted by molar-refractivity contribution is 9.10. The summed E-state index contributed by atoms with van der Waals surface area (Å²) in [6.45, 7) is 15.7. The van der Waals surface area contributed by atoms with Gasteiger partial charge in [-0.15, -0.1) is 15.7 Å². The molecule has 0 amide bonds. The molecule has 6 heterocycles. The van der Waals surface area contributed by atoms with Crippen molar-refractivity contribution < 1.29 is 31.4 Å². The third kappa shape index (κ3) is 12.2. The zero-order valence-corrected chi connectivity index (χ0v) is 37.2. The van der Waals surface area contributed by atoms with Gasteiger partial charge in [0.2, 0.25) is 15.8 Å². The van der Waals surface area contributed by atoms with Gasteiger partial charge in [-0.2, -0.15) is 4.37 Å². The molecule has 57 heavy (non-hydrogen) atoms. The summed E-state index contributed by atoms with van der Waals surface area (Å²) in [7, 11) is -7.33. The number of nitrogens with one attached hydrogen (secondary N) is 4. The monoisotopic (exact) mass is 931 g/mol. The summed E-state index contributed by atoms with van der Waals surface area (Å²) in [5.41, 5.74) is 3.14. The molecule has 1 saturated heterocycles. The van der Waals surface area contributed by atoms with Crippen molar-refractivity contribution in [1.82, 2.24) is 34.7 Å². The third-order valence-electron chi connectivity index (χ3n) is 8.70. The van der Waals surface area contributed by atoms with Gasteiger partial charge in [-0.1, -0.05) is 6.92 Å². The molecule has 3 atom stereocenters. The maximum absolute atomic E-state index is 12.2. The summed E-state index contributed by atoms with van der Waals surface area (Å²) in [5.74, 6) is 2.05. The Balaban J connectivity index is 0.000000164. The molecule has 3 aliphatic rings. The number of guanidine groups is 1. The Hall–Kier alpha value is -3.13. The third-order valence-corrected chi connectivity index (χ3v) is 15.3. The maximum Gasteiger partial charge on any atom is 0.270 e. The van der Waals surface area contributed by atoms with Crippen LogP contribution in [-0.4, -0.2) is 123 Å². The van der Waals surface area contributed by atoms with Crippen molar-refractivity contribution in [2.45, 2.75) is 72.4 Å². The molecule has 0 bridgehead atoms. The number of ether oxygens (including phenoxy) is 2. The van der Waals surface area contributed by atoms with E-state index >= 15 is 0 Å². The predicted molar refractivity (Wildman–Crippen MR) is 227 cm³/mol. The average Bonchev–Trinajstić information content (AvgIpc) is 3.97. The molecule has 7 rings (SSSR count). The van der Waals surface area contributed by atoms with E-state index in [2.05, 4.69) is 86.6 Å². The molecule has 0 aliphatic carbocycles. The molecular formula is C34H50BrN11O7S4. The summed E-state index contributed by atoms with van der Waals surface area (Å²) in [6, 6.07) is 5.13. The van der Waals surface area contributed by atoms with Crippen LogP contribution in [-0.2, 0) is 24.6 Å². The molecule has 1 fully saturated rings. The van der Waals surface area contributed by atoms with Crippen LogP contribution in [0.3, 0.4) is 0 Å². The van der Waals surface area contributed by atoms with Crippen molar-refractivity contribution in [3.63, 3.8) is 0 Å².